The molecule has 0 bridgehead atoms. The topological polar surface area (TPSA) is 64.3 Å². The van der Waals surface area contributed by atoms with E-state index in [2.05, 4.69) is 35.2 Å². The molecule has 3 aliphatic rings. The molecule has 4 nitrogen and oxygen atoms in total. The third kappa shape index (κ3) is 4.11. The smallest absolute Gasteiger partial charge is 0.346 e. The number of carboxylic acids is 1. The lowest BCUT2D eigenvalue weighted by Crippen LogP contribution is -2.28. The monoisotopic (exact) mass is 450 g/mol. The van der Waals surface area contributed by atoms with Crippen molar-refractivity contribution in [1.29, 1.82) is 5.26 Å². The molecular formula is C29H23FN2O2. The van der Waals surface area contributed by atoms with Crippen molar-refractivity contribution >= 4 is 23.8 Å². The van der Waals surface area contributed by atoms with E-state index in [0.29, 0.717) is 12.5 Å². The van der Waals surface area contributed by atoms with Crippen molar-refractivity contribution in [2.24, 2.45) is 0 Å². The number of benzene rings is 2. The second kappa shape index (κ2) is 8.99. The van der Waals surface area contributed by atoms with Gasteiger partial charge in [-0.25, -0.2) is 9.18 Å². The van der Waals surface area contributed by atoms with Gasteiger partial charge in [-0.05, 0) is 89.9 Å². The largest absolute Gasteiger partial charge is 0.477 e. The molecule has 5 heteroatoms. The predicted octanol–water partition coefficient (Wildman–Crippen LogP) is 6.41. The number of rotatable bonds is 5. The summed E-state index contributed by atoms with van der Waals surface area (Å²) in [5.41, 5.74) is 7.60. The lowest BCUT2D eigenvalue weighted by atomic mass is 9.93. The average Bonchev–Trinajstić information content (AvgIpc) is 3.43. The normalized spacial score (nSPS) is 19.6. The first-order valence-corrected chi connectivity index (χ1v) is 11.3. The predicted molar refractivity (Wildman–Crippen MR) is 131 cm³/mol. The van der Waals surface area contributed by atoms with Gasteiger partial charge >= 0.3 is 5.97 Å². The number of hydrogen-bond donors (Lipinski definition) is 1. The summed E-state index contributed by atoms with van der Waals surface area (Å²) in [6, 6.07) is 16.9. The SMILES string of the molecule is N#C/C(=C\C1=CC=C2C(=C3CCCC3N2c2ccc(/C=C/c3ccc(F)cc3)cc2)C1)C(=O)O. The number of aliphatic carboxylic acids is 1. The van der Waals surface area contributed by atoms with Crippen LogP contribution in [0, 0.1) is 17.1 Å². The summed E-state index contributed by atoms with van der Waals surface area (Å²) in [7, 11) is 0. The van der Waals surface area contributed by atoms with Gasteiger partial charge in [-0.15, -0.1) is 0 Å². The van der Waals surface area contributed by atoms with Crippen LogP contribution < -0.4 is 4.90 Å². The maximum absolute atomic E-state index is 13.1. The molecule has 168 valence electrons. The van der Waals surface area contributed by atoms with E-state index in [9.17, 15) is 14.3 Å². The van der Waals surface area contributed by atoms with E-state index in [1.807, 2.05) is 18.2 Å². The van der Waals surface area contributed by atoms with Gasteiger partial charge in [0, 0.05) is 11.4 Å². The second-order valence-electron chi connectivity index (χ2n) is 8.70. The first-order valence-electron chi connectivity index (χ1n) is 11.3. The van der Waals surface area contributed by atoms with Gasteiger partial charge in [-0.3, -0.25) is 0 Å². The Morgan fingerprint density at radius 2 is 1.74 bits per heavy atom. The van der Waals surface area contributed by atoms with Crippen molar-refractivity contribution in [3.8, 4) is 6.07 Å². The molecule has 5 rings (SSSR count). The van der Waals surface area contributed by atoms with E-state index < -0.39 is 5.97 Å². The molecule has 0 spiro atoms. The number of fused-ring (bicyclic) bond motifs is 2. The van der Waals surface area contributed by atoms with Crippen LogP contribution in [0.15, 0.2) is 94.7 Å². The molecule has 1 atom stereocenters. The quantitative estimate of drug-likeness (QED) is 0.325. The molecule has 2 aromatic rings. The van der Waals surface area contributed by atoms with Gasteiger partial charge in [0.15, 0.2) is 0 Å². The van der Waals surface area contributed by atoms with E-state index in [1.54, 1.807) is 18.2 Å². The number of carbonyl (C=O) groups is 1. The van der Waals surface area contributed by atoms with Crippen LogP contribution >= 0.6 is 0 Å². The van der Waals surface area contributed by atoms with Gasteiger partial charge in [0.1, 0.15) is 17.5 Å². The Labute approximate surface area is 198 Å². The molecule has 1 heterocycles. The summed E-state index contributed by atoms with van der Waals surface area (Å²) < 4.78 is 13.1. The fourth-order valence-electron chi connectivity index (χ4n) is 5.03. The highest BCUT2D eigenvalue weighted by Gasteiger charge is 2.40. The van der Waals surface area contributed by atoms with E-state index in [0.717, 1.165) is 41.6 Å². The number of nitriles is 1. The molecule has 34 heavy (non-hydrogen) atoms. The molecule has 2 aromatic carbocycles. The molecule has 1 saturated carbocycles. The highest BCUT2D eigenvalue weighted by atomic mass is 19.1. The molecule has 1 N–H and O–H groups in total. The van der Waals surface area contributed by atoms with Crippen LogP contribution in [0.2, 0.25) is 0 Å². The van der Waals surface area contributed by atoms with Crippen LogP contribution in [0.1, 0.15) is 36.8 Å². The van der Waals surface area contributed by atoms with Gasteiger partial charge in [0.05, 0.1) is 6.04 Å². The Balaban J connectivity index is 1.41. The summed E-state index contributed by atoms with van der Waals surface area (Å²) in [5.74, 6) is -1.44. The molecule has 0 amide bonds. The van der Waals surface area contributed by atoms with Crippen molar-refractivity contribution in [3.05, 3.63) is 112 Å². The van der Waals surface area contributed by atoms with Gasteiger partial charge in [0.25, 0.3) is 0 Å². The Hall–Kier alpha value is -4.17. The lowest BCUT2D eigenvalue weighted by molar-refractivity contribution is -0.132. The summed E-state index contributed by atoms with van der Waals surface area (Å²) in [6.45, 7) is 0. The Bertz CT molecular complexity index is 1340. The van der Waals surface area contributed by atoms with E-state index in [1.165, 1.54) is 35.1 Å². The molecule has 1 aliphatic heterocycles. The zero-order chi connectivity index (χ0) is 23.7. The maximum atomic E-state index is 13.1. The summed E-state index contributed by atoms with van der Waals surface area (Å²) in [4.78, 5) is 13.6. The Morgan fingerprint density at radius 3 is 2.38 bits per heavy atom. The molecular weight excluding hydrogens is 427 g/mol. The number of halogens is 1. The second-order valence-corrected chi connectivity index (χ2v) is 8.70. The van der Waals surface area contributed by atoms with Crippen LogP contribution in [0.3, 0.4) is 0 Å². The molecule has 2 aliphatic carbocycles. The summed E-state index contributed by atoms with van der Waals surface area (Å²) in [5, 5.41) is 18.3. The van der Waals surface area contributed by atoms with Crippen LogP contribution in [0.5, 0.6) is 0 Å². The van der Waals surface area contributed by atoms with E-state index >= 15 is 0 Å². The maximum Gasteiger partial charge on any atom is 0.346 e. The zero-order valence-corrected chi connectivity index (χ0v) is 18.5. The third-order valence-electron chi connectivity index (χ3n) is 6.62. The number of allylic oxidation sites excluding steroid dienone is 5. The number of nitrogens with zero attached hydrogens (tertiary/aromatic N) is 2. The van der Waals surface area contributed by atoms with Gasteiger partial charge < -0.3 is 10.0 Å². The minimum absolute atomic E-state index is 0.240. The number of carboxylic acid groups (broad SMARTS) is 1. The molecule has 1 unspecified atom stereocenters. The van der Waals surface area contributed by atoms with Gasteiger partial charge in [-0.2, -0.15) is 5.26 Å². The fourth-order valence-corrected chi connectivity index (χ4v) is 5.03. The highest BCUT2D eigenvalue weighted by Crippen LogP contribution is 2.48. The first-order chi connectivity index (χ1) is 16.5. The van der Waals surface area contributed by atoms with Gasteiger partial charge in [-0.1, -0.05) is 42.5 Å². The zero-order valence-electron chi connectivity index (χ0n) is 18.5. The standard InChI is InChI=1S/C29H23FN2O2/c30-23-11-6-19(7-12-23)4-5-20-8-13-24(14-9-20)32-27-3-1-2-25(27)26-17-21(10-15-28(26)32)16-22(18-31)29(33)34/h4-16,27H,1-3,17H2,(H,33,34)/b5-4+,22-16+. The first kappa shape index (κ1) is 21.7. The fraction of sp³-hybridized carbons (Fsp3) is 0.172. The molecule has 1 fully saturated rings. The van der Waals surface area contributed by atoms with Crippen molar-refractivity contribution < 1.29 is 14.3 Å². The number of hydrogen-bond acceptors (Lipinski definition) is 3. The summed E-state index contributed by atoms with van der Waals surface area (Å²) in [6.07, 6.45) is 13.4. The number of anilines is 1. The van der Waals surface area contributed by atoms with Crippen LogP contribution in [0.4, 0.5) is 10.1 Å². The van der Waals surface area contributed by atoms with E-state index in [-0.39, 0.29) is 11.4 Å². The minimum Gasteiger partial charge on any atom is -0.477 e. The minimum atomic E-state index is -1.20. The summed E-state index contributed by atoms with van der Waals surface area (Å²) >= 11 is 0. The van der Waals surface area contributed by atoms with Crippen LogP contribution in [-0.2, 0) is 4.79 Å². The van der Waals surface area contributed by atoms with Crippen molar-refractivity contribution in [2.75, 3.05) is 4.90 Å². The Morgan fingerprint density at radius 1 is 1.06 bits per heavy atom. The third-order valence-corrected chi connectivity index (χ3v) is 6.62. The lowest BCUT2D eigenvalue weighted by Gasteiger charge is -2.29. The average molecular weight is 451 g/mol. The van der Waals surface area contributed by atoms with Crippen molar-refractivity contribution in [3.63, 3.8) is 0 Å². The molecule has 0 saturated heterocycles. The molecule has 0 radical (unpaired) electrons. The Kier molecular flexibility index (Phi) is 5.73. The van der Waals surface area contributed by atoms with Crippen LogP contribution in [-0.4, -0.2) is 17.1 Å². The molecule has 0 aromatic heterocycles. The van der Waals surface area contributed by atoms with Crippen molar-refractivity contribution in [2.45, 2.75) is 31.7 Å². The van der Waals surface area contributed by atoms with Crippen LogP contribution in [0.25, 0.3) is 12.2 Å². The van der Waals surface area contributed by atoms with E-state index in [4.69, 9.17) is 5.26 Å². The highest BCUT2D eigenvalue weighted by molar-refractivity contribution is 5.91. The van der Waals surface area contributed by atoms with Crippen molar-refractivity contribution in [1.82, 2.24) is 0 Å². The van der Waals surface area contributed by atoms with Gasteiger partial charge in [0.2, 0.25) is 0 Å².